The number of amides is 1. The molecule has 2 atom stereocenters. The minimum absolute atomic E-state index is 0.0335. The summed E-state index contributed by atoms with van der Waals surface area (Å²) in [5.74, 6) is -0.0314. The number of halogens is 1. The first-order chi connectivity index (χ1) is 11.1. The molecule has 1 saturated heterocycles. The monoisotopic (exact) mass is 321 g/mol. The molecule has 0 aliphatic carbocycles. The van der Waals surface area contributed by atoms with E-state index in [-0.39, 0.29) is 23.7 Å². The Morgan fingerprint density at radius 2 is 2.30 bits per heavy atom. The van der Waals surface area contributed by atoms with Crippen LogP contribution < -0.4 is 10.6 Å². The van der Waals surface area contributed by atoms with Gasteiger partial charge in [0.05, 0.1) is 5.92 Å². The average Bonchev–Trinajstić information content (AvgIpc) is 2.53. The van der Waals surface area contributed by atoms with Crippen LogP contribution in [0.25, 0.3) is 0 Å². The van der Waals surface area contributed by atoms with Crippen molar-refractivity contribution in [2.24, 2.45) is 5.92 Å². The second-order valence-corrected chi connectivity index (χ2v) is 6.41. The summed E-state index contributed by atoms with van der Waals surface area (Å²) in [7, 11) is 0. The maximum atomic E-state index is 13.3. The highest BCUT2D eigenvalue weighted by Gasteiger charge is 2.25. The Balaban J connectivity index is 1.81. The van der Waals surface area contributed by atoms with Crippen molar-refractivity contribution in [2.45, 2.75) is 39.3 Å². The van der Waals surface area contributed by atoms with Crippen LogP contribution in [0.2, 0.25) is 0 Å². The Kier molecular flexibility index (Phi) is 6.99. The van der Waals surface area contributed by atoms with Crippen molar-refractivity contribution in [1.82, 2.24) is 15.5 Å². The van der Waals surface area contributed by atoms with Gasteiger partial charge < -0.3 is 10.6 Å². The van der Waals surface area contributed by atoms with Gasteiger partial charge in [-0.05, 0) is 50.6 Å². The van der Waals surface area contributed by atoms with Crippen molar-refractivity contribution in [1.29, 1.82) is 0 Å². The number of likely N-dealkylation sites (tertiary alicyclic amines) is 1. The summed E-state index contributed by atoms with van der Waals surface area (Å²) in [5.41, 5.74) is 0.965. The normalized spacial score (nSPS) is 20.2. The number of nitrogens with one attached hydrogen (secondary N) is 2. The topological polar surface area (TPSA) is 44.4 Å². The van der Waals surface area contributed by atoms with Gasteiger partial charge in [0.15, 0.2) is 0 Å². The first-order valence-electron chi connectivity index (χ1n) is 8.56. The second-order valence-electron chi connectivity index (χ2n) is 6.41. The molecule has 1 aromatic carbocycles. The van der Waals surface area contributed by atoms with Gasteiger partial charge in [0.1, 0.15) is 5.82 Å². The number of rotatable bonds is 7. The summed E-state index contributed by atoms with van der Waals surface area (Å²) >= 11 is 0. The lowest BCUT2D eigenvalue weighted by Crippen LogP contribution is -2.46. The van der Waals surface area contributed by atoms with Crippen molar-refractivity contribution in [3.05, 3.63) is 35.6 Å². The molecule has 1 fully saturated rings. The number of hydrogen-bond donors (Lipinski definition) is 2. The minimum Gasteiger partial charge on any atom is -0.354 e. The molecule has 1 aliphatic heterocycles. The zero-order valence-electron chi connectivity index (χ0n) is 14.1. The number of nitrogens with zero attached hydrogens (tertiary/aromatic N) is 1. The van der Waals surface area contributed by atoms with Gasteiger partial charge in [-0.3, -0.25) is 9.69 Å². The third kappa shape index (κ3) is 5.92. The predicted molar refractivity (Wildman–Crippen MR) is 90.5 cm³/mol. The molecule has 0 saturated carbocycles. The van der Waals surface area contributed by atoms with Gasteiger partial charge in [-0.25, -0.2) is 4.39 Å². The molecule has 1 amide bonds. The summed E-state index contributed by atoms with van der Waals surface area (Å²) in [4.78, 5) is 14.6. The number of hydrogen-bond acceptors (Lipinski definition) is 3. The van der Waals surface area contributed by atoms with E-state index in [2.05, 4.69) is 29.4 Å². The van der Waals surface area contributed by atoms with Crippen molar-refractivity contribution in [3.8, 4) is 0 Å². The second kappa shape index (κ2) is 8.99. The number of benzene rings is 1. The standard InChI is InChI=1S/C18H28FN3O/c1-3-20-14(2)11-21-18(23)16-7-5-9-22(13-16)12-15-6-4-8-17(19)10-15/h4,6,8,10,14,16,20H,3,5,7,9,11-13H2,1-2H3,(H,21,23)/t14-,16?/m1/s1. The number of carbonyl (C=O) groups excluding carboxylic acids is 1. The van der Waals surface area contributed by atoms with E-state index in [9.17, 15) is 9.18 Å². The van der Waals surface area contributed by atoms with Gasteiger partial charge in [-0.1, -0.05) is 19.1 Å². The molecule has 2 rings (SSSR count). The third-order valence-corrected chi connectivity index (χ3v) is 4.31. The zero-order chi connectivity index (χ0) is 16.7. The van der Waals surface area contributed by atoms with Crippen LogP contribution in [-0.2, 0) is 11.3 Å². The quantitative estimate of drug-likeness (QED) is 0.809. The molecule has 128 valence electrons. The van der Waals surface area contributed by atoms with Crippen LogP contribution >= 0.6 is 0 Å². The van der Waals surface area contributed by atoms with E-state index in [1.165, 1.54) is 6.07 Å². The number of carbonyl (C=O) groups is 1. The van der Waals surface area contributed by atoms with Gasteiger partial charge in [0.2, 0.25) is 5.91 Å². The van der Waals surface area contributed by atoms with Gasteiger partial charge in [-0.2, -0.15) is 0 Å². The van der Waals surface area contributed by atoms with Crippen LogP contribution in [0.5, 0.6) is 0 Å². The lowest BCUT2D eigenvalue weighted by molar-refractivity contribution is -0.126. The molecule has 4 nitrogen and oxygen atoms in total. The minimum atomic E-state index is -0.203. The van der Waals surface area contributed by atoms with Gasteiger partial charge >= 0.3 is 0 Å². The maximum absolute atomic E-state index is 13.3. The van der Waals surface area contributed by atoms with Crippen LogP contribution in [0.1, 0.15) is 32.3 Å². The summed E-state index contributed by atoms with van der Waals surface area (Å²) in [6.07, 6.45) is 1.94. The van der Waals surface area contributed by atoms with Crippen LogP contribution in [0.15, 0.2) is 24.3 Å². The molecule has 2 N–H and O–H groups in total. The van der Waals surface area contributed by atoms with E-state index < -0.39 is 0 Å². The van der Waals surface area contributed by atoms with Crippen molar-refractivity contribution >= 4 is 5.91 Å². The summed E-state index contributed by atoms with van der Waals surface area (Å²) in [6.45, 7) is 8.11. The Hall–Kier alpha value is -1.46. The molecule has 5 heteroatoms. The summed E-state index contributed by atoms with van der Waals surface area (Å²) in [5, 5.41) is 6.33. The van der Waals surface area contributed by atoms with E-state index in [1.54, 1.807) is 12.1 Å². The molecule has 0 bridgehead atoms. The summed E-state index contributed by atoms with van der Waals surface area (Å²) < 4.78 is 13.3. The fourth-order valence-corrected chi connectivity index (χ4v) is 3.13. The van der Waals surface area contributed by atoms with Gasteiger partial charge in [0.25, 0.3) is 0 Å². The van der Waals surface area contributed by atoms with E-state index in [0.717, 1.165) is 38.0 Å². The Bertz CT molecular complexity index is 509. The molecular weight excluding hydrogens is 293 g/mol. The number of piperidine rings is 1. The van der Waals surface area contributed by atoms with Crippen molar-refractivity contribution in [3.63, 3.8) is 0 Å². The highest BCUT2D eigenvalue weighted by Crippen LogP contribution is 2.19. The van der Waals surface area contributed by atoms with Gasteiger partial charge in [-0.15, -0.1) is 0 Å². The predicted octanol–water partition coefficient (Wildman–Crippen LogP) is 2.15. The first-order valence-corrected chi connectivity index (χ1v) is 8.56. The lowest BCUT2D eigenvalue weighted by atomic mass is 9.96. The molecule has 0 radical (unpaired) electrons. The van der Waals surface area contributed by atoms with Crippen LogP contribution in [0, 0.1) is 11.7 Å². The third-order valence-electron chi connectivity index (χ3n) is 4.31. The lowest BCUT2D eigenvalue weighted by Gasteiger charge is -2.32. The SMILES string of the molecule is CCN[C@H](C)CNC(=O)C1CCCN(Cc2cccc(F)c2)C1. The fraction of sp³-hybridized carbons (Fsp3) is 0.611. The Morgan fingerprint density at radius 1 is 1.48 bits per heavy atom. The Labute approximate surface area is 138 Å². The molecule has 1 aromatic rings. The molecule has 1 heterocycles. The zero-order valence-corrected chi connectivity index (χ0v) is 14.1. The average molecular weight is 321 g/mol. The maximum Gasteiger partial charge on any atom is 0.224 e. The molecule has 1 unspecified atom stereocenters. The van der Waals surface area contributed by atoms with Crippen molar-refractivity contribution in [2.75, 3.05) is 26.2 Å². The smallest absolute Gasteiger partial charge is 0.224 e. The van der Waals surface area contributed by atoms with Crippen LogP contribution in [0.3, 0.4) is 0 Å². The molecule has 0 aromatic heterocycles. The van der Waals surface area contributed by atoms with Gasteiger partial charge in [0, 0.05) is 25.7 Å². The summed E-state index contributed by atoms with van der Waals surface area (Å²) in [6, 6.07) is 6.99. The van der Waals surface area contributed by atoms with E-state index >= 15 is 0 Å². The van der Waals surface area contributed by atoms with Crippen LogP contribution in [-0.4, -0.2) is 43.0 Å². The van der Waals surface area contributed by atoms with E-state index in [0.29, 0.717) is 13.1 Å². The van der Waals surface area contributed by atoms with E-state index in [1.807, 2.05) is 6.07 Å². The molecule has 1 aliphatic rings. The fourth-order valence-electron chi connectivity index (χ4n) is 3.13. The van der Waals surface area contributed by atoms with E-state index in [4.69, 9.17) is 0 Å². The highest BCUT2D eigenvalue weighted by molar-refractivity contribution is 5.79. The number of likely N-dealkylation sites (N-methyl/N-ethyl adjacent to an activating group) is 1. The van der Waals surface area contributed by atoms with Crippen molar-refractivity contribution < 1.29 is 9.18 Å². The molecular formula is C18H28FN3O. The Morgan fingerprint density at radius 3 is 3.04 bits per heavy atom. The highest BCUT2D eigenvalue weighted by atomic mass is 19.1. The first kappa shape index (κ1) is 17.9. The van der Waals surface area contributed by atoms with Crippen LogP contribution in [0.4, 0.5) is 4.39 Å². The molecule has 0 spiro atoms. The molecule has 23 heavy (non-hydrogen) atoms. The largest absolute Gasteiger partial charge is 0.354 e.